The number of benzene rings is 1. The van der Waals surface area contributed by atoms with Crippen molar-refractivity contribution < 1.29 is 9.59 Å². The summed E-state index contributed by atoms with van der Waals surface area (Å²) in [5.41, 5.74) is 0.578. The monoisotopic (exact) mass is 286 g/mol. The molecule has 0 aliphatic heterocycles. The highest BCUT2D eigenvalue weighted by atomic mass is 16.2. The molecule has 0 saturated heterocycles. The Hall–Kier alpha value is -2.63. The summed E-state index contributed by atoms with van der Waals surface area (Å²) in [6.45, 7) is 1.79. The molecule has 0 bridgehead atoms. The summed E-state index contributed by atoms with van der Waals surface area (Å²) in [5.74, 6) is 0.132. The molecular formula is C15H18N4O2. The van der Waals surface area contributed by atoms with Gasteiger partial charge in [-0.25, -0.2) is 0 Å². The Kier molecular flexibility index (Phi) is 4.71. The molecule has 1 atom stereocenters. The molecule has 0 aliphatic carbocycles. The SMILES string of the molecule is CC(CC(=O)Nc1ccn(C)n1)NC(=O)c1ccccc1. The number of carbonyl (C=O) groups excluding carboxylic acids is 2. The van der Waals surface area contributed by atoms with E-state index in [2.05, 4.69) is 15.7 Å². The first-order chi connectivity index (χ1) is 10.0. The Bertz CT molecular complexity index is 622. The Balaban J connectivity index is 1.82. The summed E-state index contributed by atoms with van der Waals surface area (Å²) in [7, 11) is 1.78. The molecule has 1 aromatic heterocycles. The minimum atomic E-state index is -0.263. The van der Waals surface area contributed by atoms with Crippen LogP contribution in [0, 0.1) is 0 Å². The van der Waals surface area contributed by atoms with Crippen LogP contribution in [-0.4, -0.2) is 27.6 Å². The third kappa shape index (κ3) is 4.45. The molecule has 0 saturated carbocycles. The van der Waals surface area contributed by atoms with Crippen molar-refractivity contribution in [3.8, 4) is 0 Å². The van der Waals surface area contributed by atoms with E-state index in [4.69, 9.17) is 0 Å². The molecule has 2 amide bonds. The van der Waals surface area contributed by atoms with E-state index < -0.39 is 0 Å². The average molecular weight is 286 g/mol. The summed E-state index contributed by atoms with van der Waals surface area (Å²) in [5, 5.41) is 9.54. The van der Waals surface area contributed by atoms with Crippen molar-refractivity contribution in [2.75, 3.05) is 5.32 Å². The summed E-state index contributed by atoms with van der Waals surface area (Å²) < 4.78 is 1.61. The lowest BCUT2D eigenvalue weighted by Crippen LogP contribution is -2.35. The fourth-order valence-electron chi connectivity index (χ4n) is 1.90. The molecule has 0 spiro atoms. The second-order valence-electron chi connectivity index (χ2n) is 4.87. The molecule has 2 aromatic rings. The molecule has 0 fully saturated rings. The molecule has 21 heavy (non-hydrogen) atoms. The predicted octanol–water partition coefficient (Wildman–Crippen LogP) is 1.57. The average Bonchev–Trinajstić information content (AvgIpc) is 2.84. The summed E-state index contributed by atoms with van der Waals surface area (Å²) in [4.78, 5) is 23.8. The Morgan fingerprint density at radius 3 is 2.57 bits per heavy atom. The van der Waals surface area contributed by atoms with E-state index >= 15 is 0 Å². The molecule has 2 rings (SSSR count). The molecule has 1 unspecified atom stereocenters. The maximum atomic E-state index is 11.9. The van der Waals surface area contributed by atoms with Gasteiger partial charge in [0, 0.05) is 37.3 Å². The van der Waals surface area contributed by atoms with Crippen LogP contribution in [0.15, 0.2) is 42.6 Å². The number of nitrogens with one attached hydrogen (secondary N) is 2. The van der Waals surface area contributed by atoms with Crippen molar-refractivity contribution in [3.05, 3.63) is 48.2 Å². The van der Waals surface area contributed by atoms with Gasteiger partial charge in [-0.15, -0.1) is 0 Å². The Labute approximate surface area is 123 Å². The lowest BCUT2D eigenvalue weighted by molar-refractivity contribution is -0.116. The topological polar surface area (TPSA) is 76.0 Å². The Morgan fingerprint density at radius 2 is 1.95 bits per heavy atom. The van der Waals surface area contributed by atoms with Crippen molar-refractivity contribution in [2.45, 2.75) is 19.4 Å². The van der Waals surface area contributed by atoms with E-state index in [0.717, 1.165) is 0 Å². The molecular weight excluding hydrogens is 268 g/mol. The standard InChI is InChI=1S/C15H18N4O2/c1-11(16-15(21)12-6-4-3-5-7-12)10-14(20)17-13-8-9-19(2)18-13/h3-9,11H,10H2,1-2H3,(H,16,21)(H,17,18,20). The van der Waals surface area contributed by atoms with Gasteiger partial charge in [-0.2, -0.15) is 5.10 Å². The van der Waals surface area contributed by atoms with Crippen molar-refractivity contribution in [2.24, 2.45) is 7.05 Å². The number of amides is 2. The smallest absolute Gasteiger partial charge is 0.251 e. The number of aromatic nitrogens is 2. The van der Waals surface area contributed by atoms with Crippen LogP contribution in [0.25, 0.3) is 0 Å². The molecule has 0 radical (unpaired) electrons. The van der Waals surface area contributed by atoms with Crippen LogP contribution >= 0.6 is 0 Å². The first kappa shape index (κ1) is 14.8. The van der Waals surface area contributed by atoms with E-state index in [0.29, 0.717) is 11.4 Å². The zero-order valence-electron chi connectivity index (χ0n) is 12.0. The van der Waals surface area contributed by atoms with Gasteiger partial charge in [-0.05, 0) is 19.1 Å². The van der Waals surface area contributed by atoms with Gasteiger partial charge in [0.05, 0.1) is 0 Å². The number of hydrogen-bond donors (Lipinski definition) is 2. The number of carbonyl (C=O) groups is 2. The maximum Gasteiger partial charge on any atom is 0.251 e. The zero-order valence-corrected chi connectivity index (χ0v) is 12.0. The van der Waals surface area contributed by atoms with Crippen molar-refractivity contribution in [1.29, 1.82) is 0 Å². The molecule has 2 N–H and O–H groups in total. The summed E-state index contributed by atoms with van der Waals surface area (Å²) in [6.07, 6.45) is 1.94. The fraction of sp³-hybridized carbons (Fsp3) is 0.267. The number of nitrogens with zero attached hydrogens (tertiary/aromatic N) is 2. The van der Waals surface area contributed by atoms with Crippen LogP contribution in [0.4, 0.5) is 5.82 Å². The van der Waals surface area contributed by atoms with Crippen LogP contribution < -0.4 is 10.6 Å². The lowest BCUT2D eigenvalue weighted by Gasteiger charge is -2.13. The predicted molar refractivity (Wildman–Crippen MR) is 79.8 cm³/mol. The van der Waals surface area contributed by atoms with Gasteiger partial charge in [0.25, 0.3) is 5.91 Å². The van der Waals surface area contributed by atoms with E-state index in [1.165, 1.54) is 0 Å². The van der Waals surface area contributed by atoms with Gasteiger partial charge >= 0.3 is 0 Å². The largest absolute Gasteiger partial charge is 0.349 e. The van der Waals surface area contributed by atoms with Gasteiger partial charge in [-0.3, -0.25) is 14.3 Å². The third-order valence-corrected chi connectivity index (χ3v) is 2.89. The molecule has 1 heterocycles. The van der Waals surface area contributed by atoms with E-state index in [1.807, 2.05) is 6.07 Å². The molecule has 6 nitrogen and oxygen atoms in total. The second-order valence-corrected chi connectivity index (χ2v) is 4.87. The lowest BCUT2D eigenvalue weighted by atomic mass is 10.1. The molecule has 110 valence electrons. The number of hydrogen-bond acceptors (Lipinski definition) is 3. The van der Waals surface area contributed by atoms with Crippen molar-refractivity contribution >= 4 is 17.6 Å². The van der Waals surface area contributed by atoms with Gasteiger partial charge in [0.1, 0.15) is 0 Å². The van der Waals surface area contributed by atoms with Gasteiger partial charge in [0.15, 0.2) is 5.82 Å². The number of anilines is 1. The van der Waals surface area contributed by atoms with E-state index in [-0.39, 0.29) is 24.3 Å². The van der Waals surface area contributed by atoms with E-state index in [9.17, 15) is 9.59 Å². The quantitative estimate of drug-likeness (QED) is 0.876. The minimum Gasteiger partial charge on any atom is -0.349 e. The van der Waals surface area contributed by atoms with Crippen molar-refractivity contribution in [3.63, 3.8) is 0 Å². The number of rotatable bonds is 5. The summed E-state index contributed by atoms with van der Waals surface area (Å²) >= 11 is 0. The highest BCUT2D eigenvalue weighted by Crippen LogP contribution is 2.04. The normalized spacial score (nSPS) is 11.7. The van der Waals surface area contributed by atoms with E-state index in [1.54, 1.807) is 55.2 Å². The zero-order chi connectivity index (χ0) is 15.2. The molecule has 1 aromatic carbocycles. The third-order valence-electron chi connectivity index (χ3n) is 2.89. The maximum absolute atomic E-state index is 11.9. The van der Waals surface area contributed by atoms with Crippen LogP contribution in [-0.2, 0) is 11.8 Å². The first-order valence-electron chi connectivity index (χ1n) is 6.70. The van der Waals surface area contributed by atoms with Gasteiger partial charge in [0.2, 0.25) is 5.91 Å². The molecule has 0 aliphatic rings. The fourth-order valence-corrected chi connectivity index (χ4v) is 1.90. The Morgan fingerprint density at radius 1 is 1.24 bits per heavy atom. The highest BCUT2D eigenvalue weighted by Gasteiger charge is 2.13. The highest BCUT2D eigenvalue weighted by molar-refractivity contribution is 5.95. The van der Waals surface area contributed by atoms with Crippen LogP contribution in [0.1, 0.15) is 23.7 Å². The van der Waals surface area contributed by atoms with Crippen LogP contribution in [0.5, 0.6) is 0 Å². The van der Waals surface area contributed by atoms with Crippen LogP contribution in [0.3, 0.4) is 0 Å². The van der Waals surface area contributed by atoms with Crippen molar-refractivity contribution in [1.82, 2.24) is 15.1 Å². The minimum absolute atomic E-state index is 0.186. The number of aryl methyl sites for hydroxylation is 1. The van der Waals surface area contributed by atoms with Gasteiger partial charge < -0.3 is 10.6 Å². The van der Waals surface area contributed by atoms with Gasteiger partial charge in [-0.1, -0.05) is 18.2 Å². The summed E-state index contributed by atoms with van der Waals surface area (Å²) in [6, 6.07) is 10.4. The first-order valence-corrected chi connectivity index (χ1v) is 6.70. The molecule has 6 heteroatoms. The van der Waals surface area contributed by atoms with Crippen LogP contribution in [0.2, 0.25) is 0 Å². The second kappa shape index (κ2) is 6.69.